The fourth-order valence-electron chi connectivity index (χ4n) is 1.75. The molecule has 0 aliphatic heterocycles. The van der Waals surface area contributed by atoms with Crippen molar-refractivity contribution in [3.63, 3.8) is 0 Å². The van der Waals surface area contributed by atoms with E-state index in [0.717, 1.165) is 5.69 Å². The molecule has 0 aromatic heterocycles. The Bertz CT molecular complexity index is 633. The molecule has 2 rings (SSSR count). The zero-order valence-corrected chi connectivity index (χ0v) is 14.3. The zero-order chi connectivity index (χ0) is 15.4. The van der Waals surface area contributed by atoms with Gasteiger partial charge in [0.2, 0.25) is 0 Å². The highest BCUT2D eigenvalue weighted by Gasteiger charge is 2.08. The highest BCUT2D eigenvalue weighted by Crippen LogP contribution is 2.33. The molecule has 0 saturated carbocycles. The molecule has 0 bridgehead atoms. The molecular weight excluding hydrogens is 352 g/mol. The molecule has 0 aliphatic rings. The first-order chi connectivity index (χ1) is 9.97. The van der Waals surface area contributed by atoms with Crippen LogP contribution in [0.5, 0.6) is 5.75 Å². The Morgan fingerprint density at radius 2 is 1.67 bits per heavy atom. The third-order valence-corrected chi connectivity index (χ3v) is 4.16. The lowest BCUT2D eigenvalue weighted by atomic mass is 10.3. The zero-order valence-electron chi connectivity index (χ0n) is 11.2. The monoisotopic (exact) mass is 363 g/mol. The fraction of sp³-hybridized carbons (Fsp3) is 0.200. The molecule has 112 valence electrons. The van der Waals surface area contributed by atoms with Crippen molar-refractivity contribution in [3.8, 4) is 5.75 Å². The molecule has 2 aromatic carbocycles. The summed E-state index contributed by atoms with van der Waals surface area (Å²) in [7, 11) is 1.96. The van der Waals surface area contributed by atoms with Gasteiger partial charge in [0.25, 0.3) is 0 Å². The Morgan fingerprint density at radius 3 is 2.38 bits per heavy atom. The van der Waals surface area contributed by atoms with Gasteiger partial charge in [-0.2, -0.15) is 0 Å². The molecular formula is C15H13Cl4NO. The van der Waals surface area contributed by atoms with Crippen LogP contribution >= 0.6 is 46.4 Å². The molecule has 0 saturated heterocycles. The van der Waals surface area contributed by atoms with E-state index < -0.39 is 0 Å². The number of hydrogen-bond acceptors (Lipinski definition) is 2. The largest absolute Gasteiger partial charge is 0.490 e. The van der Waals surface area contributed by atoms with Gasteiger partial charge in [-0.25, -0.2) is 0 Å². The topological polar surface area (TPSA) is 12.5 Å². The Kier molecular flexibility index (Phi) is 5.88. The van der Waals surface area contributed by atoms with Crippen molar-refractivity contribution in [2.75, 3.05) is 25.1 Å². The minimum atomic E-state index is 0.407. The van der Waals surface area contributed by atoms with Crippen LogP contribution in [-0.2, 0) is 0 Å². The third-order valence-electron chi connectivity index (χ3n) is 2.91. The van der Waals surface area contributed by atoms with E-state index in [1.54, 1.807) is 12.1 Å². The molecule has 21 heavy (non-hydrogen) atoms. The molecule has 6 heteroatoms. The van der Waals surface area contributed by atoms with Crippen LogP contribution in [0.4, 0.5) is 5.69 Å². The van der Waals surface area contributed by atoms with Crippen molar-refractivity contribution in [1.82, 2.24) is 0 Å². The van der Waals surface area contributed by atoms with E-state index in [1.165, 1.54) is 0 Å². The van der Waals surface area contributed by atoms with Gasteiger partial charge >= 0.3 is 0 Å². The lowest BCUT2D eigenvalue weighted by Gasteiger charge is -2.20. The van der Waals surface area contributed by atoms with E-state index in [0.29, 0.717) is 39.0 Å². The standard InChI is InChI=1S/C15H13Cl4NO/c1-20(11-4-2-3-10(16)7-11)5-6-21-15-9-13(18)12(17)8-14(15)19/h2-4,7-9H,5-6H2,1H3. The van der Waals surface area contributed by atoms with E-state index in [4.69, 9.17) is 51.1 Å². The number of anilines is 1. The minimum Gasteiger partial charge on any atom is -0.490 e. The fourth-order valence-corrected chi connectivity index (χ4v) is 2.53. The van der Waals surface area contributed by atoms with Gasteiger partial charge in [-0.1, -0.05) is 52.5 Å². The lowest BCUT2D eigenvalue weighted by Crippen LogP contribution is -2.23. The second kappa shape index (κ2) is 7.46. The Labute approximate surface area is 144 Å². The summed E-state index contributed by atoms with van der Waals surface area (Å²) < 4.78 is 5.65. The number of benzene rings is 2. The van der Waals surface area contributed by atoms with E-state index >= 15 is 0 Å². The highest BCUT2D eigenvalue weighted by molar-refractivity contribution is 6.43. The van der Waals surface area contributed by atoms with Crippen molar-refractivity contribution < 1.29 is 4.74 Å². The number of ether oxygens (including phenoxy) is 1. The summed E-state index contributed by atoms with van der Waals surface area (Å²) in [5.41, 5.74) is 1.02. The summed E-state index contributed by atoms with van der Waals surface area (Å²) in [5.74, 6) is 0.519. The van der Waals surface area contributed by atoms with Crippen LogP contribution in [-0.4, -0.2) is 20.2 Å². The summed E-state index contributed by atoms with van der Waals surface area (Å²) >= 11 is 23.8. The number of nitrogens with zero attached hydrogens (tertiary/aromatic N) is 1. The number of hydrogen-bond donors (Lipinski definition) is 0. The average molecular weight is 365 g/mol. The van der Waals surface area contributed by atoms with Gasteiger partial charge in [-0.15, -0.1) is 0 Å². The smallest absolute Gasteiger partial charge is 0.139 e. The first-order valence-corrected chi connectivity index (χ1v) is 7.72. The molecule has 2 aromatic rings. The van der Waals surface area contributed by atoms with Crippen LogP contribution in [0, 0.1) is 0 Å². The maximum atomic E-state index is 6.06. The van der Waals surface area contributed by atoms with Gasteiger partial charge in [-0.3, -0.25) is 0 Å². The third kappa shape index (κ3) is 4.58. The van der Waals surface area contributed by atoms with Crippen molar-refractivity contribution in [2.45, 2.75) is 0 Å². The summed E-state index contributed by atoms with van der Waals surface area (Å²) in [6, 6.07) is 10.8. The van der Waals surface area contributed by atoms with Gasteiger partial charge in [0.15, 0.2) is 0 Å². The van der Waals surface area contributed by atoms with Crippen molar-refractivity contribution in [2.24, 2.45) is 0 Å². The molecule has 0 radical (unpaired) electrons. The average Bonchev–Trinajstić information content (AvgIpc) is 2.44. The summed E-state index contributed by atoms with van der Waals surface area (Å²) in [6.45, 7) is 1.14. The molecule has 0 unspecified atom stereocenters. The van der Waals surface area contributed by atoms with Gasteiger partial charge in [-0.05, 0) is 24.3 Å². The Balaban J connectivity index is 1.94. The lowest BCUT2D eigenvalue weighted by molar-refractivity contribution is 0.326. The Hall–Kier alpha value is -0.800. The number of rotatable bonds is 5. The van der Waals surface area contributed by atoms with Crippen LogP contribution < -0.4 is 9.64 Å². The van der Waals surface area contributed by atoms with Gasteiger partial charge in [0, 0.05) is 23.8 Å². The summed E-state index contributed by atoms with van der Waals surface area (Å²) in [6.07, 6.45) is 0. The van der Waals surface area contributed by atoms with E-state index in [9.17, 15) is 0 Å². The predicted octanol–water partition coefficient (Wildman–Crippen LogP) is 5.82. The maximum Gasteiger partial charge on any atom is 0.139 e. The van der Waals surface area contributed by atoms with Gasteiger partial charge in [0.05, 0.1) is 21.6 Å². The molecule has 2 nitrogen and oxygen atoms in total. The minimum absolute atomic E-state index is 0.407. The summed E-state index contributed by atoms with van der Waals surface area (Å²) in [5, 5.41) is 1.96. The Morgan fingerprint density at radius 1 is 0.952 bits per heavy atom. The predicted molar refractivity (Wildman–Crippen MR) is 91.7 cm³/mol. The van der Waals surface area contributed by atoms with Crippen LogP contribution in [0.3, 0.4) is 0 Å². The highest BCUT2D eigenvalue weighted by atomic mass is 35.5. The maximum absolute atomic E-state index is 6.06. The number of halogens is 4. The van der Waals surface area contributed by atoms with Gasteiger partial charge in [0.1, 0.15) is 12.4 Å². The van der Waals surface area contributed by atoms with Crippen LogP contribution in [0.2, 0.25) is 20.1 Å². The quantitative estimate of drug-likeness (QED) is 0.620. The van der Waals surface area contributed by atoms with Crippen molar-refractivity contribution in [3.05, 3.63) is 56.5 Å². The van der Waals surface area contributed by atoms with Crippen molar-refractivity contribution in [1.29, 1.82) is 0 Å². The van der Waals surface area contributed by atoms with Crippen LogP contribution in [0.25, 0.3) is 0 Å². The summed E-state index contributed by atoms with van der Waals surface area (Å²) in [4.78, 5) is 2.04. The molecule has 0 fully saturated rings. The SMILES string of the molecule is CN(CCOc1cc(Cl)c(Cl)cc1Cl)c1cccc(Cl)c1. The second-order valence-corrected chi connectivity index (χ2v) is 6.10. The molecule has 0 heterocycles. The van der Waals surface area contributed by atoms with Gasteiger partial charge < -0.3 is 9.64 Å². The molecule has 0 atom stereocenters. The van der Waals surface area contributed by atoms with E-state index in [1.807, 2.05) is 36.2 Å². The first kappa shape index (κ1) is 16.6. The molecule has 0 spiro atoms. The van der Waals surface area contributed by atoms with Crippen molar-refractivity contribution >= 4 is 52.1 Å². The normalized spacial score (nSPS) is 10.5. The number of likely N-dealkylation sites (N-methyl/N-ethyl adjacent to an activating group) is 1. The van der Waals surface area contributed by atoms with Crippen LogP contribution in [0.15, 0.2) is 36.4 Å². The molecule has 0 aliphatic carbocycles. The molecule has 0 amide bonds. The van der Waals surface area contributed by atoms with Crippen LogP contribution in [0.1, 0.15) is 0 Å². The molecule has 0 N–H and O–H groups in total. The first-order valence-electron chi connectivity index (χ1n) is 6.21. The van der Waals surface area contributed by atoms with E-state index in [2.05, 4.69) is 0 Å². The second-order valence-electron chi connectivity index (χ2n) is 4.45. The van der Waals surface area contributed by atoms with E-state index in [-0.39, 0.29) is 0 Å².